The maximum Gasteiger partial charge on any atom is 0.193 e. The first-order chi connectivity index (χ1) is 22.1. The highest BCUT2D eigenvalue weighted by atomic mass is 16.1. The second-order valence-corrected chi connectivity index (χ2v) is 12.8. The number of benzene rings is 5. The average molecular weight is 587 g/mol. The summed E-state index contributed by atoms with van der Waals surface area (Å²) in [6.07, 6.45) is 8.25. The first-order valence-electron chi connectivity index (χ1n) is 16.1. The third-order valence-electron chi connectivity index (χ3n) is 10.7. The van der Waals surface area contributed by atoms with Crippen molar-refractivity contribution >= 4 is 28.1 Å². The summed E-state index contributed by atoms with van der Waals surface area (Å²) in [5, 5.41) is 1.99. The van der Waals surface area contributed by atoms with Gasteiger partial charge in [0.25, 0.3) is 0 Å². The summed E-state index contributed by atoms with van der Waals surface area (Å²) in [6.45, 7) is 2.20. The molecule has 3 nitrogen and oxygen atoms in total. The molecule has 1 fully saturated rings. The van der Waals surface area contributed by atoms with Crippen molar-refractivity contribution in [1.29, 1.82) is 0 Å². The molecule has 220 valence electrons. The molecule has 8 rings (SSSR count). The van der Waals surface area contributed by atoms with Crippen LogP contribution in [0.5, 0.6) is 0 Å². The van der Waals surface area contributed by atoms with E-state index >= 15 is 4.79 Å². The van der Waals surface area contributed by atoms with Gasteiger partial charge in [0, 0.05) is 34.1 Å². The molecule has 0 spiro atoms. The van der Waals surface area contributed by atoms with Crippen molar-refractivity contribution in [2.24, 2.45) is 10.8 Å². The molecule has 3 heteroatoms. The summed E-state index contributed by atoms with van der Waals surface area (Å²) >= 11 is 0. The summed E-state index contributed by atoms with van der Waals surface area (Å²) < 4.78 is 0. The molecular formula is C42H34O3. The van der Waals surface area contributed by atoms with Gasteiger partial charge < -0.3 is 0 Å². The minimum atomic E-state index is -1.05. The molecule has 0 amide bonds. The monoisotopic (exact) mass is 586 g/mol. The summed E-state index contributed by atoms with van der Waals surface area (Å²) in [5.41, 5.74) is 3.65. The molecule has 0 saturated heterocycles. The SMILES string of the molecule is CCCCCc1c2c(c(C(=O)c3ccccc3)c3ccccc13)C1C3(C(=O)c4ccccc4)C=CC2C13C(=O)c1ccccc1. The van der Waals surface area contributed by atoms with E-state index in [1.807, 2.05) is 109 Å². The molecule has 5 aromatic rings. The van der Waals surface area contributed by atoms with Crippen LogP contribution in [-0.4, -0.2) is 17.3 Å². The predicted octanol–water partition coefficient (Wildman–Crippen LogP) is 9.31. The van der Waals surface area contributed by atoms with E-state index in [4.69, 9.17) is 0 Å². The van der Waals surface area contributed by atoms with Crippen LogP contribution in [0.25, 0.3) is 10.8 Å². The van der Waals surface area contributed by atoms with E-state index in [-0.39, 0.29) is 23.3 Å². The lowest BCUT2D eigenvalue weighted by Crippen LogP contribution is -2.30. The van der Waals surface area contributed by atoms with E-state index in [9.17, 15) is 9.59 Å². The highest BCUT2D eigenvalue weighted by molar-refractivity contribution is 6.23. The van der Waals surface area contributed by atoms with E-state index in [1.54, 1.807) is 0 Å². The average Bonchev–Trinajstić information content (AvgIpc) is 3.46. The lowest BCUT2D eigenvalue weighted by molar-refractivity contribution is 0.0800. The van der Waals surface area contributed by atoms with Gasteiger partial charge in [-0.15, -0.1) is 0 Å². The Balaban J connectivity index is 1.45. The molecule has 5 aromatic carbocycles. The van der Waals surface area contributed by atoms with Gasteiger partial charge in [-0.3, -0.25) is 14.4 Å². The zero-order chi connectivity index (χ0) is 30.8. The van der Waals surface area contributed by atoms with E-state index in [0.717, 1.165) is 47.6 Å². The number of fused-ring (bicyclic) bond motifs is 5. The van der Waals surface area contributed by atoms with Crippen LogP contribution in [0, 0.1) is 10.8 Å². The van der Waals surface area contributed by atoms with Crippen LogP contribution in [0.2, 0.25) is 0 Å². The molecule has 3 aliphatic carbocycles. The van der Waals surface area contributed by atoms with Crippen molar-refractivity contribution in [1.82, 2.24) is 0 Å². The Morgan fingerprint density at radius 1 is 0.622 bits per heavy atom. The molecule has 4 unspecified atom stereocenters. The maximum absolute atomic E-state index is 15.0. The quantitative estimate of drug-likeness (QED) is 0.0931. The summed E-state index contributed by atoms with van der Waals surface area (Å²) in [7, 11) is 0. The van der Waals surface area contributed by atoms with Gasteiger partial charge in [-0.05, 0) is 40.3 Å². The number of hydrogen-bond donors (Lipinski definition) is 0. The first kappa shape index (κ1) is 27.6. The Morgan fingerprint density at radius 3 is 1.80 bits per heavy atom. The van der Waals surface area contributed by atoms with E-state index in [1.165, 1.54) is 5.56 Å². The summed E-state index contributed by atoms with van der Waals surface area (Å²) in [5.74, 6) is -0.820. The van der Waals surface area contributed by atoms with Crippen LogP contribution < -0.4 is 0 Å². The topological polar surface area (TPSA) is 51.2 Å². The van der Waals surface area contributed by atoms with Gasteiger partial charge in [-0.2, -0.15) is 0 Å². The lowest BCUT2D eigenvalue weighted by Gasteiger charge is -2.27. The number of carbonyl (C=O) groups excluding carboxylic acids is 3. The predicted molar refractivity (Wildman–Crippen MR) is 178 cm³/mol. The van der Waals surface area contributed by atoms with Gasteiger partial charge in [-0.25, -0.2) is 0 Å². The van der Waals surface area contributed by atoms with Crippen LogP contribution >= 0.6 is 0 Å². The number of hydrogen-bond acceptors (Lipinski definition) is 3. The van der Waals surface area contributed by atoms with E-state index in [2.05, 4.69) is 25.1 Å². The fourth-order valence-electron chi connectivity index (χ4n) is 8.89. The van der Waals surface area contributed by atoms with Crippen LogP contribution in [0.1, 0.15) is 91.3 Å². The third kappa shape index (κ3) is 3.61. The highest BCUT2D eigenvalue weighted by Crippen LogP contribution is 2.89. The van der Waals surface area contributed by atoms with Crippen molar-refractivity contribution < 1.29 is 14.4 Å². The molecule has 4 atom stereocenters. The lowest BCUT2D eigenvalue weighted by atomic mass is 9.73. The summed E-state index contributed by atoms with van der Waals surface area (Å²) in [4.78, 5) is 44.5. The van der Waals surface area contributed by atoms with Gasteiger partial charge in [0.15, 0.2) is 17.3 Å². The number of Topliss-reactive ketones (excluding diaryl/α,β-unsaturated/α-hetero) is 2. The van der Waals surface area contributed by atoms with Gasteiger partial charge in [-0.1, -0.05) is 147 Å². The minimum Gasteiger partial charge on any atom is -0.293 e. The Morgan fingerprint density at radius 2 is 1.18 bits per heavy atom. The molecule has 0 N–H and O–H groups in total. The second-order valence-electron chi connectivity index (χ2n) is 12.8. The normalized spacial score (nSPS) is 23.5. The van der Waals surface area contributed by atoms with Gasteiger partial charge in [0.05, 0.1) is 10.8 Å². The van der Waals surface area contributed by atoms with E-state index in [0.29, 0.717) is 22.3 Å². The van der Waals surface area contributed by atoms with Gasteiger partial charge in [0.1, 0.15) is 0 Å². The largest absolute Gasteiger partial charge is 0.293 e. The molecule has 3 aliphatic rings. The molecule has 0 aliphatic heterocycles. The number of ketones is 3. The number of allylic oxidation sites excluding steroid dienone is 2. The molecular weight excluding hydrogens is 552 g/mol. The van der Waals surface area contributed by atoms with Gasteiger partial charge >= 0.3 is 0 Å². The van der Waals surface area contributed by atoms with Crippen LogP contribution in [0.15, 0.2) is 127 Å². The van der Waals surface area contributed by atoms with Gasteiger partial charge in [0.2, 0.25) is 0 Å². The Kier molecular flexibility index (Phi) is 6.35. The highest BCUT2D eigenvalue weighted by Gasteiger charge is 2.90. The molecule has 0 radical (unpaired) electrons. The molecule has 0 aromatic heterocycles. The van der Waals surface area contributed by atoms with E-state index < -0.39 is 16.7 Å². The van der Waals surface area contributed by atoms with Crippen LogP contribution in [-0.2, 0) is 6.42 Å². The second kappa shape index (κ2) is 10.3. The molecule has 0 heterocycles. The maximum atomic E-state index is 15.0. The zero-order valence-corrected chi connectivity index (χ0v) is 25.3. The minimum absolute atomic E-state index is 0.00902. The first-order valence-corrected chi connectivity index (χ1v) is 16.1. The smallest absolute Gasteiger partial charge is 0.193 e. The number of rotatable bonds is 10. The molecule has 0 bridgehead atoms. The third-order valence-corrected chi connectivity index (χ3v) is 10.7. The van der Waals surface area contributed by atoms with Crippen molar-refractivity contribution in [2.45, 2.75) is 44.4 Å². The fraction of sp³-hybridized carbons (Fsp3) is 0.214. The number of carbonyl (C=O) groups is 3. The number of aryl methyl sites for hydroxylation is 1. The number of unbranched alkanes of at least 4 members (excludes halogenated alkanes) is 2. The van der Waals surface area contributed by atoms with Crippen LogP contribution in [0.3, 0.4) is 0 Å². The van der Waals surface area contributed by atoms with Crippen molar-refractivity contribution in [3.8, 4) is 0 Å². The fourth-order valence-corrected chi connectivity index (χ4v) is 8.89. The van der Waals surface area contributed by atoms with Crippen molar-refractivity contribution in [2.75, 3.05) is 0 Å². The Hall–Kier alpha value is -4.89. The Bertz CT molecular complexity index is 2030. The Labute approximate surface area is 263 Å². The molecule has 1 saturated carbocycles. The van der Waals surface area contributed by atoms with Crippen molar-refractivity contribution in [3.05, 3.63) is 166 Å². The zero-order valence-electron chi connectivity index (χ0n) is 25.3. The van der Waals surface area contributed by atoms with Crippen LogP contribution in [0.4, 0.5) is 0 Å². The standard InChI is InChI=1S/C42H34O3/c1-2-3-7-23-31-30-22-14-15-24-32(30)35(37(43)27-16-8-4-9-17-27)36-34(31)33-25-26-41(39(44)28-18-10-5-11-19-28)38(36)42(33,41)40(45)29-20-12-6-13-21-29/h4-6,8-22,24-26,33,38H,2-3,7,23H2,1H3. The van der Waals surface area contributed by atoms with Crippen molar-refractivity contribution in [3.63, 3.8) is 0 Å². The summed E-state index contributed by atoms with van der Waals surface area (Å²) in [6, 6.07) is 36.4. The molecule has 45 heavy (non-hydrogen) atoms.